The van der Waals surface area contributed by atoms with Crippen LogP contribution in [0.3, 0.4) is 0 Å². The summed E-state index contributed by atoms with van der Waals surface area (Å²) in [6.07, 6.45) is 2.55. The lowest BCUT2D eigenvalue weighted by Crippen LogP contribution is -2.15. The van der Waals surface area contributed by atoms with Gasteiger partial charge in [0.2, 0.25) is 0 Å². The summed E-state index contributed by atoms with van der Waals surface area (Å²) in [7, 11) is 0. The van der Waals surface area contributed by atoms with Crippen LogP contribution in [0.5, 0.6) is 0 Å². The third-order valence-corrected chi connectivity index (χ3v) is 3.84. The van der Waals surface area contributed by atoms with E-state index in [-0.39, 0.29) is 5.41 Å². The van der Waals surface area contributed by atoms with Gasteiger partial charge in [0.25, 0.3) is 0 Å². The maximum atomic E-state index is 11.2. The fourth-order valence-corrected chi connectivity index (χ4v) is 2.78. The second kappa shape index (κ2) is 2.70. The van der Waals surface area contributed by atoms with Crippen molar-refractivity contribution in [3.05, 3.63) is 22.4 Å². The molecule has 1 aromatic rings. The maximum Gasteiger partial charge on any atom is 0.133 e. The first-order chi connectivity index (χ1) is 5.71. The van der Waals surface area contributed by atoms with Crippen molar-refractivity contribution >= 4 is 17.1 Å². The molecule has 0 spiro atoms. The molecule has 2 rings (SSSR count). The smallest absolute Gasteiger partial charge is 0.133 e. The first-order valence-electron chi connectivity index (χ1n) is 4.26. The Morgan fingerprint density at radius 1 is 1.58 bits per heavy atom. The maximum absolute atomic E-state index is 11.2. The van der Waals surface area contributed by atoms with E-state index < -0.39 is 0 Å². The Morgan fingerprint density at radius 3 is 2.92 bits per heavy atom. The van der Waals surface area contributed by atoms with E-state index in [2.05, 4.69) is 24.4 Å². The van der Waals surface area contributed by atoms with Crippen molar-refractivity contribution < 1.29 is 4.79 Å². The van der Waals surface area contributed by atoms with Gasteiger partial charge >= 0.3 is 0 Å². The van der Waals surface area contributed by atoms with Crippen LogP contribution in [0.4, 0.5) is 0 Å². The van der Waals surface area contributed by atoms with E-state index >= 15 is 0 Å². The van der Waals surface area contributed by atoms with Gasteiger partial charge in [0.15, 0.2) is 0 Å². The minimum atomic E-state index is 0.158. The number of carbonyl (C=O) groups excluding carboxylic acids is 1. The highest BCUT2D eigenvalue weighted by Gasteiger charge is 2.35. The largest absolute Gasteiger partial charge is 0.300 e. The van der Waals surface area contributed by atoms with Gasteiger partial charge < -0.3 is 0 Å². The molecule has 1 atom stereocenters. The van der Waals surface area contributed by atoms with Crippen molar-refractivity contribution in [1.82, 2.24) is 0 Å². The van der Waals surface area contributed by atoms with Crippen molar-refractivity contribution in [2.45, 2.75) is 31.6 Å². The average molecular weight is 180 g/mol. The normalized spacial score (nSPS) is 29.6. The van der Waals surface area contributed by atoms with Crippen LogP contribution in [0.15, 0.2) is 17.5 Å². The topological polar surface area (TPSA) is 17.1 Å². The Labute approximate surface area is 76.4 Å². The van der Waals surface area contributed by atoms with E-state index in [1.807, 2.05) is 0 Å². The number of rotatable bonds is 1. The molecule has 1 unspecified atom stereocenters. The average Bonchev–Trinajstić information content (AvgIpc) is 2.59. The minimum Gasteiger partial charge on any atom is -0.300 e. The fourth-order valence-electron chi connectivity index (χ4n) is 1.86. The van der Waals surface area contributed by atoms with E-state index in [0.29, 0.717) is 5.78 Å². The number of hydrogen-bond donors (Lipinski definition) is 0. The van der Waals surface area contributed by atoms with Gasteiger partial charge in [-0.2, -0.15) is 0 Å². The van der Waals surface area contributed by atoms with Crippen LogP contribution in [-0.4, -0.2) is 5.78 Å². The summed E-state index contributed by atoms with van der Waals surface area (Å²) >= 11 is 1.77. The van der Waals surface area contributed by atoms with Crippen molar-refractivity contribution in [1.29, 1.82) is 0 Å². The lowest BCUT2D eigenvalue weighted by atomic mass is 9.87. The van der Waals surface area contributed by atoms with E-state index in [4.69, 9.17) is 0 Å². The third kappa shape index (κ3) is 1.20. The Morgan fingerprint density at radius 2 is 2.42 bits per heavy atom. The van der Waals surface area contributed by atoms with Gasteiger partial charge in [0.1, 0.15) is 5.78 Å². The summed E-state index contributed by atoms with van der Waals surface area (Å²) in [4.78, 5) is 12.5. The molecule has 0 radical (unpaired) electrons. The molecule has 1 saturated carbocycles. The molecule has 0 amide bonds. The van der Waals surface area contributed by atoms with Gasteiger partial charge in [-0.15, -0.1) is 11.3 Å². The summed E-state index contributed by atoms with van der Waals surface area (Å²) in [6, 6.07) is 4.21. The lowest BCUT2D eigenvalue weighted by Gasteiger charge is -2.20. The standard InChI is InChI=1S/C10H12OS/c1-10(5-4-8(11)7-10)9-3-2-6-12-9/h2-3,6H,4-5,7H2,1H3. The molecule has 1 heterocycles. The first-order valence-corrected chi connectivity index (χ1v) is 5.14. The van der Waals surface area contributed by atoms with Crippen LogP contribution < -0.4 is 0 Å². The number of ketones is 1. The zero-order valence-corrected chi connectivity index (χ0v) is 7.99. The van der Waals surface area contributed by atoms with E-state index in [9.17, 15) is 4.79 Å². The number of Topliss-reactive ketones (excluding diaryl/α,β-unsaturated/α-hetero) is 1. The summed E-state index contributed by atoms with van der Waals surface area (Å²) in [5.74, 6) is 0.422. The van der Waals surface area contributed by atoms with Gasteiger partial charge in [0.05, 0.1) is 0 Å². The van der Waals surface area contributed by atoms with Crippen molar-refractivity contribution in [2.24, 2.45) is 0 Å². The van der Waals surface area contributed by atoms with Crippen LogP contribution in [-0.2, 0) is 10.2 Å². The molecule has 1 aliphatic rings. The highest BCUT2D eigenvalue weighted by atomic mass is 32.1. The number of carbonyl (C=O) groups is 1. The van der Waals surface area contributed by atoms with Crippen LogP contribution in [0, 0.1) is 0 Å². The Hall–Kier alpha value is -0.630. The SMILES string of the molecule is CC1(c2cccs2)CCC(=O)C1. The van der Waals surface area contributed by atoms with Crippen LogP contribution in [0.1, 0.15) is 31.1 Å². The predicted molar refractivity (Wildman–Crippen MR) is 50.5 cm³/mol. The summed E-state index contributed by atoms with van der Waals surface area (Å²) in [5, 5.41) is 2.09. The summed E-state index contributed by atoms with van der Waals surface area (Å²) < 4.78 is 0. The monoisotopic (exact) mass is 180 g/mol. The number of hydrogen-bond acceptors (Lipinski definition) is 2. The van der Waals surface area contributed by atoms with Gasteiger partial charge in [-0.3, -0.25) is 4.79 Å². The van der Waals surface area contributed by atoms with Gasteiger partial charge in [-0.25, -0.2) is 0 Å². The molecule has 1 fully saturated rings. The van der Waals surface area contributed by atoms with Crippen LogP contribution >= 0.6 is 11.3 Å². The number of thiophene rings is 1. The van der Waals surface area contributed by atoms with Crippen molar-refractivity contribution in [3.63, 3.8) is 0 Å². The molecule has 1 aliphatic carbocycles. The Bertz CT molecular complexity index is 289. The van der Waals surface area contributed by atoms with Gasteiger partial charge in [-0.05, 0) is 17.9 Å². The molecule has 0 aliphatic heterocycles. The second-order valence-electron chi connectivity index (χ2n) is 3.75. The fraction of sp³-hybridized carbons (Fsp3) is 0.500. The lowest BCUT2D eigenvalue weighted by molar-refractivity contribution is -0.117. The zero-order valence-electron chi connectivity index (χ0n) is 7.17. The molecular formula is C10H12OS. The predicted octanol–water partition coefficient (Wildman–Crippen LogP) is 2.76. The van der Waals surface area contributed by atoms with Gasteiger partial charge in [-0.1, -0.05) is 13.0 Å². The Balaban J connectivity index is 2.28. The molecule has 1 aromatic heterocycles. The zero-order chi connectivity index (χ0) is 8.60. The summed E-state index contributed by atoms with van der Waals surface area (Å²) in [6.45, 7) is 2.20. The molecule has 0 N–H and O–H groups in total. The van der Waals surface area contributed by atoms with Crippen molar-refractivity contribution in [2.75, 3.05) is 0 Å². The molecule has 12 heavy (non-hydrogen) atoms. The van der Waals surface area contributed by atoms with Crippen LogP contribution in [0.25, 0.3) is 0 Å². The Kier molecular flexibility index (Phi) is 1.80. The van der Waals surface area contributed by atoms with Gasteiger partial charge in [0, 0.05) is 23.1 Å². The molecule has 0 saturated heterocycles. The van der Waals surface area contributed by atoms with E-state index in [0.717, 1.165) is 19.3 Å². The van der Waals surface area contributed by atoms with Crippen LogP contribution in [0.2, 0.25) is 0 Å². The first kappa shape index (κ1) is 7.99. The molecule has 64 valence electrons. The third-order valence-electron chi connectivity index (χ3n) is 2.66. The minimum absolute atomic E-state index is 0.158. The highest BCUT2D eigenvalue weighted by Crippen LogP contribution is 2.40. The quantitative estimate of drug-likeness (QED) is 0.649. The molecule has 0 bridgehead atoms. The molecular weight excluding hydrogens is 168 g/mol. The molecule has 2 heteroatoms. The van der Waals surface area contributed by atoms with E-state index in [1.165, 1.54) is 4.88 Å². The molecule has 1 nitrogen and oxygen atoms in total. The van der Waals surface area contributed by atoms with E-state index in [1.54, 1.807) is 11.3 Å². The molecule has 0 aromatic carbocycles. The van der Waals surface area contributed by atoms with Crippen molar-refractivity contribution in [3.8, 4) is 0 Å². The highest BCUT2D eigenvalue weighted by molar-refractivity contribution is 7.10. The summed E-state index contributed by atoms with van der Waals surface area (Å²) in [5.41, 5.74) is 0.158. The second-order valence-corrected chi connectivity index (χ2v) is 4.70.